The van der Waals surface area contributed by atoms with Crippen LogP contribution in [0.1, 0.15) is 12.8 Å². The van der Waals surface area contributed by atoms with E-state index >= 15 is 0 Å². The van der Waals surface area contributed by atoms with Gasteiger partial charge in [0, 0.05) is 37.3 Å². The number of anilines is 2. The van der Waals surface area contributed by atoms with Gasteiger partial charge in [-0.2, -0.15) is 0 Å². The molecular weight excluding hydrogens is 412 g/mol. The topological polar surface area (TPSA) is 63.1 Å². The highest BCUT2D eigenvalue weighted by Crippen LogP contribution is 2.26. The highest BCUT2D eigenvalue weighted by Gasteiger charge is 2.26. The molecule has 1 saturated heterocycles. The number of amides is 1. The fraction of sp³-hybridized carbons (Fsp3) is 0.208. The zero-order valence-corrected chi connectivity index (χ0v) is 17.2. The van der Waals surface area contributed by atoms with Gasteiger partial charge in [-0.1, -0.05) is 18.2 Å². The lowest BCUT2D eigenvalue weighted by Gasteiger charge is -2.32. The van der Waals surface area contributed by atoms with E-state index in [1.54, 1.807) is 6.33 Å². The summed E-state index contributed by atoms with van der Waals surface area (Å²) in [5.74, 6) is -0.241. The summed E-state index contributed by atoms with van der Waals surface area (Å²) >= 11 is 0. The van der Waals surface area contributed by atoms with Gasteiger partial charge in [0.05, 0.1) is 11.2 Å². The van der Waals surface area contributed by atoms with E-state index in [-0.39, 0.29) is 17.5 Å². The molecule has 0 saturated carbocycles. The molecule has 6 nitrogen and oxygen atoms in total. The Morgan fingerprint density at radius 1 is 0.969 bits per heavy atom. The van der Waals surface area contributed by atoms with E-state index in [4.69, 9.17) is 0 Å². The minimum Gasteiger partial charge on any atom is -0.356 e. The molecule has 162 valence electrons. The molecule has 1 N–H and O–H groups in total. The van der Waals surface area contributed by atoms with Crippen molar-refractivity contribution in [2.75, 3.05) is 23.3 Å². The molecule has 0 unspecified atom stereocenters. The van der Waals surface area contributed by atoms with Gasteiger partial charge in [0.25, 0.3) is 0 Å². The molecule has 1 fully saturated rings. The summed E-state index contributed by atoms with van der Waals surface area (Å²) in [6, 6.07) is 15.1. The van der Waals surface area contributed by atoms with E-state index in [2.05, 4.69) is 26.3 Å². The lowest BCUT2D eigenvalue weighted by molar-refractivity contribution is -0.120. The second-order valence-corrected chi connectivity index (χ2v) is 7.85. The Hall–Kier alpha value is -3.81. The van der Waals surface area contributed by atoms with Gasteiger partial charge in [-0.05, 0) is 42.5 Å². The molecule has 2 aromatic heterocycles. The number of benzene rings is 2. The first-order valence-corrected chi connectivity index (χ1v) is 10.5. The number of piperidine rings is 1. The van der Waals surface area contributed by atoms with Crippen LogP contribution < -0.4 is 10.2 Å². The van der Waals surface area contributed by atoms with Crippen molar-refractivity contribution in [3.8, 4) is 5.82 Å². The molecule has 0 radical (unpaired) electrons. The first-order chi connectivity index (χ1) is 15.6. The summed E-state index contributed by atoms with van der Waals surface area (Å²) < 4.78 is 29.2. The number of rotatable bonds is 4. The fourth-order valence-electron chi connectivity index (χ4n) is 4.12. The summed E-state index contributed by atoms with van der Waals surface area (Å²) in [6.07, 6.45) is 4.72. The maximum absolute atomic E-state index is 13.8. The van der Waals surface area contributed by atoms with E-state index < -0.39 is 11.6 Å². The van der Waals surface area contributed by atoms with Crippen LogP contribution in [0.15, 0.2) is 67.1 Å². The molecule has 1 aliphatic rings. The van der Waals surface area contributed by atoms with Crippen LogP contribution in [0.4, 0.5) is 20.3 Å². The van der Waals surface area contributed by atoms with E-state index in [0.717, 1.165) is 40.7 Å². The molecule has 3 heterocycles. The molecular formula is C24H21F2N5O. The Balaban J connectivity index is 1.27. The number of nitrogens with one attached hydrogen (secondary N) is 1. The number of hydrogen-bond donors (Lipinski definition) is 1. The van der Waals surface area contributed by atoms with Gasteiger partial charge in [-0.15, -0.1) is 0 Å². The smallest absolute Gasteiger partial charge is 0.227 e. The second-order valence-electron chi connectivity index (χ2n) is 7.85. The first kappa shape index (κ1) is 20.1. The van der Waals surface area contributed by atoms with E-state index in [9.17, 15) is 13.6 Å². The van der Waals surface area contributed by atoms with Gasteiger partial charge in [-0.25, -0.2) is 18.7 Å². The highest BCUT2D eigenvalue weighted by molar-refractivity contribution is 5.92. The van der Waals surface area contributed by atoms with Crippen molar-refractivity contribution in [2.45, 2.75) is 12.8 Å². The summed E-state index contributed by atoms with van der Waals surface area (Å²) in [5, 5.41) is 3.65. The maximum atomic E-state index is 13.8. The minimum absolute atomic E-state index is 0.128. The van der Waals surface area contributed by atoms with E-state index in [1.807, 2.05) is 41.1 Å². The quantitative estimate of drug-likeness (QED) is 0.513. The highest BCUT2D eigenvalue weighted by atomic mass is 19.1. The van der Waals surface area contributed by atoms with Crippen molar-refractivity contribution in [1.29, 1.82) is 0 Å². The first-order valence-electron chi connectivity index (χ1n) is 10.5. The Morgan fingerprint density at radius 2 is 1.75 bits per heavy atom. The Labute approximate surface area is 183 Å². The van der Waals surface area contributed by atoms with Crippen molar-refractivity contribution in [1.82, 2.24) is 14.5 Å². The Kier molecular flexibility index (Phi) is 5.26. The molecule has 0 aliphatic carbocycles. The Bertz CT molecular complexity index is 1280. The molecule has 1 amide bonds. The molecule has 0 spiro atoms. The molecule has 1 aliphatic heterocycles. The third-order valence-corrected chi connectivity index (χ3v) is 5.86. The number of halogens is 2. The molecule has 32 heavy (non-hydrogen) atoms. The van der Waals surface area contributed by atoms with Crippen molar-refractivity contribution < 1.29 is 13.6 Å². The van der Waals surface area contributed by atoms with Gasteiger partial charge in [-0.3, -0.25) is 4.79 Å². The van der Waals surface area contributed by atoms with Crippen molar-refractivity contribution in [2.24, 2.45) is 5.92 Å². The molecule has 2 aromatic carbocycles. The van der Waals surface area contributed by atoms with Crippen molar-refractivity contribution in [3.05, 3.63) is 78.8 Å². The van der Waals surface area contributed by atoms with Crippen LogP contribution in [-0.4, -0.2) is 33.5 Å². The normalized spacial score (nSPS) is 14.6. The van der Waals surface area contributed by atoms with Crippen LogP contribution >= 0.6 is 0 Å². The minimum atomic E-state index is -0.650. The van der Waals surface area contributed by atoms with Gasteiger partial charge in [0.1, 0.15) is 29.6 Å². The second kappa shape index (κ2) is 8.37. The third-order valence-electron chi connectivity index (χ3n) is 5.86. The van der Waals surface area contributed by atoms with Crippen LogP contribution in [0, 0.1) is 17.6 Å². The molecule has 0 bridgehead atoms. The number of fused-ring (bicyclic) bond motifs is 1. The monoisotopic (exact) mass is 433 g/mol. The van der Waals surface area contributed by atoms with Gasteiger partial charge < -0.3 is 14.8 Å². The van der Waals surface area contributed by atoms with Crippen LogP contribution in [0.5, 0.6) is 0 Å². The number of hydrogen-bond acceptors (Lipinski definition) is 4. The van der Waals surface area contributed by atoms with Gasteiger partial charge in [0.15, 0.2) is 0 Å². The lowest BCUT2D eigenvalue weighted by Crippen LogP contribution is -2.38. The zero-order chi connectivity index (χ0) is 22.1. The van der Waals surface area contributed by atoms with E-state index in [0.29, 0.717) is 25.9 Å². The zero-order valence-electron chi connectivity index (χ0n) is 17.2. The number of para-hydroxylation sites is 1. The van der Waals surface area contributed by atoms with Crippen molar-refractivity contribution in [3.63, 3.8) is 0 Å². The van der Waals surface area contributed by atoms with Gasteiger partial charge >= 0.3 is 0 Å². The third kappa shape index (κ3) is 3.91. The average molecular weight is 433 g/mol. The largest absolute Gasteiger partial charge is 0.356 e. The standard InChI is InChI=1S/C24H21F2N5O/c25-18-5-6-19(26)20(13-18)29-24(32)17-7-10-30(11-8-17)22-14-23(28-15-27-22)31-12-9-16-3-1-2-4-21(16)31/h1-6,9,12-15,17H,7-8,10-11H2,(H,29,32). The predicted octanol–water partition coefficient (Wildman–Crippen LogP) is 4.55. The molecule has 8 heteroatoms. The van der Waals surface area contributed by atoms with E-state index in [1.165, 1.54) is 0 Å². The molecule has 0 atom stereocenters. The van der Waals surface area contributed by atoms with Crippen LogP contribution in [0.2, 0.25) is 0 Å². The number of nitrogens with zero attached hydrogens (tertiary/aromatic N) is 4. The summed E-state index contributed by atoms with van der Waals surface area (Å²) in [7, 11) is 0. The fourth-order valence-corrected chi connectivity index (χ4v) is 4.12. The Morgan fingerprint density at radius 3 is 2.59 bits per heavy atom. The van der Waals surface area contributed by atoms with Gasteiger partial charge in [0.2, 0.25) is 5.91 Å². The van der Waals surface area contributed by atoms with Crippen molar-refractivity contribution >= 4 is 28.3 Å². The molecule has 5 rings (SSSR count). The van der Waals surface area contributed by atoms with Crippen LogP contribution in [0.3, 0.4) is 0 Å². The van der Waals surface area contributed by atoms with Crippen LogP contribution in [0.25, 0.3) is 16.7 Å². The number of aromatic nitrogens is 3. The maximum Gasteiger partial charge on any atom is 0.227 e. The SMILES string of the molecule is O=C(Nc1cc(F)ccc1F)C1CCN(c2cc(-n3ccc4ccccc43)ncn2)CC1. The summed E-state index contributed by atoms with van der Waals surface area (Å²) in [5.41, 5.74) is 0.939. The molecule has 4 aromatic rings. The number of carbonyl (C=O) groups excluding carboxylic acids is 1. The predicted molar refractivity (Wildman–Crippen MR) is 119 cm³/mol. The summed E-state index contributed by atoms with van der Waals surface area (Å²) in [6.45, 7) is 1.26. The van der Waals surface area contributed by atoms with Crippen LogP contribution in [-0.2, 0) is 4.79 Å². The summed E-state index contributed by atoms with van der Waals surface area (Å²) in [4.78, 5) is 23.5. The average Bonchev–Trinajstić information content (AvgIpc) is 3.26. The number of carbonyl (C=O) groups is 1. The lowest BCUT2D eigenvalue weighted by atomic mass is 9.95.